The molecule has 1 aromatic heterocycles. The van der Waals surface area contributed by atoms with Crippen LogP contribution in [0.5, 0.6) is 0 Å². The maximum atomic E-state index is 13.3. The van der Waals surface area contributed by atoms with E-state index in [1.54, 1.807) is 22.3 Å². The summed E-state index contributed by atoms with van der Waals surface area (Å²) < 4.78 is 39.8. The van der Waals surface area contributed by atoms with Crippen molar-refractivity contribution in [3.05, 3.63) is 58.0 Å². The van der Waals surface area contributed by atoms with Crippen molar-refractivity contribution in [2.24, 2.45) is 0 Å². The van der Waals surface area contributed by atoms with Gasteiger partial charge in [-0.1, -0.05) is 6.07 Å². The van der Waals surface area contributed by atoms with Crippen LogP contribution in [0.25, 0.3) is 6.08 Å². The van der Waals surface area contributed by atoms with Crippen LogP contribution in [0.4, 0.5) is 4.39 Å². The molecule has 0 bridgehead atoms. The third-order valence-corrected chi connectivity index (χ3v) is 7.00. The molecule has 8 heteroatoms. The number of aryl methyl sites for hydroxylation is 1. The monoisotopic (exact) mass is 394 g/mol. The topological polar surface area (TPSA) is 57.7 Å². The van der Waals surface area contributed by atoms with Gasteiger partial charge in [0.05, 0.1) is 4.90 Å². The van der Waals surface area contributed by atoms with Gasteiger partial charge in [-0.15, -0.1) is 11.3 Å². The largest absolute Gasteiger partial charge is 0.337 e. The highest BCUT2D eigenvalue weighted by Gasteiger charge is 2.29. The Bertz CT molecular complexity index is 929. The lowest BCUT2D eigenvalue weighted by Gasteiger charge is -2.33. The Morgan fingerprint density at radius 3 is 2.50 bits per heavy atom. The van der Waals surface area contributed by atoms with E-state index < -0.39 is 15.8 Å². The van der Waals surface area contributed by atoms with Gasteiger partial charge in [0.25, 0.3) is 0 Å². The van der Waals surface area contributed by atoms with Crippen molar-refractivity contribution in [3.63, 3.8) is 0 Å². The number of piperazine rings is 1. The first kappa shape index (κ1) is 18.8. The molecule has 3 rings (SSSR count). The van der Waals surface area contributed by atoms with Crippen molar-refractivity contribution in [2.45, 2.75) is 11.8 Å². The van der Waals surface area contributed by atoms with Crippen LogP contribution in [-0.4, -0.2) is 49.7 Å². The van der Waals surface area contributed by atoms with Crippen molar-refractivity contribution in [2.75, 3.05) is 26.2 Å². The third-order valence-electron chi connectivity index (χ3n) is 4.14. The van der Waals surface area contributed by atoms with Crippen molar-refractivity contribution in [3.8, 4) is 0 Å². The fourth-order valence-corrected chi connectivity index (χ4v) is 4.96. The SMILES string of the molecule is Cc1ccc(/C=C/C(=O)N2CCN(S(=O)(=O)c3cccc(F)c3)CC2)s1. The minimum atomic E-state index is -3.75. The zero-order valence-electron chi connectivity index (χ0n) is 14.3. The van der Waals surface area contributed by atoms with Crippen LogP contribution in [0.15, 0.2) is 47.4 Å². The van der Waals surface area contributed by atoms with Gasteiger partial charge < -0.3 is 4.90 Å². The zero-order chi connectivity index (χ0) is 18.7. The smallest absolute Gasteiger partial charge is 0.246 e. The predicted molar refractivity (Wildman–Crippen MR) is 99.8 cm³/mol. The Morgan fingerprint density at radius 1 is 1.15 bits per heavy atom. The van der Waals surface area contributed by atoms with E-state index in [2.05, 4.69) is 0 Å². The van der Waals surface area contributed by atoms with Gasteiger partial charge in [0.1, 0.15) is 5.82 Å². The number of carbonyl (C=O) groups is 1. The minimum Gasteiger partial charge on any atom is -0.337 e. The molecule has 2 heterocycles. The van der Waals surface area contributed by atoms with Gasteiger partial charge >= 0.3 is 0 Å². The first-order valence-corrected chi connectivity index (χ1v) is 10.4. The number of rotatable bonds is 4. The van der Waals surface area contributed by atoms with Crippen LogP contribution in [0.2, 0.25) is 0 Å². The second-order valence-electron chi connectivity index (χ2n) is 5.97. The van der Waals surface area contributed by atoms with E-state index in [-0.39, 0.29) is 23.9 Å². The lowest BCUT2D eigenvalue weighted by molar-refractivity contribution is -0.127. The molecular weight excluding hydrogens is 375 g/mol. The number of hydrogen-bond acceptors (Lipinski definition) is 4. The van der Waals surface area contributed by atoms with Crippen molar-refractivity contribution < 1.29 is 17.6 Å². The maximum absolute atomic E-state index is 13.3. The average Bonchev–Trinajstić information content (AvgIpc) is 3.05. The van der Waals surface area contributed by atoms with Crippen LogP contribution in [0, 0.1) is 12.7 Å². The van der Waals surface area contributed by atoms with E-state index in [9.17, 15) is 17.6 Å². The molecule has 0 aliphatic carbocycles. The molecule has 1 saturated heterocycles. The molecule has 0 atom stereocenters. The summed E-state index contributed by atoms with van der Waals surface area (Å²) in [5.41, 5.74) is 0. The van der Waals surface area contributed by atoms with E-state index in [0.717, 1.165) is 10.9 Å². The Balaban J connectivity index is 1.61. The Labute approximate surface area is 156 Å². The second-order valence-corrected chi connectivity index (χ2v) is 9.23. The number of sulfonamides is 1. The molecule has 0 N–H and O–H groups in total. The summed E-state index contributed by atoms with van der Waals surface area (Å²) in [6.07, 6.45) is 3.29. The molecule has 1 aliphatic rings. The molecule has 138 valence electrons. The van der Waals surface area contributed by atoms with E-state index in [4.69, 9.17) is 0 Å². The fourth-order valence-electron chi connectivity index (χ4n) is 2.73. The van der Waals surface area contributed by atoms with Gasteiger partial charge in [-0.05, 0) is 43.3 Å². The molecule has 5 nitrogen and oxygen atoms in total. The average molecular weight is 394 g/mol. The number of nitrogens with zero attached hydrogens (tertiary/aromatic N) is 2. The first-order valence-electron chi connectivity index (χ1n) is 8.15. The van der Waals surface area contributed by atoms with Gasteiger partial charge in [-0.2, -0.15) is 4.31 Å². The summed E-state index contributed by atoms with van der Waals surface area (Å²) in [4.78, 5) is 16.0. The van der Waals surface area contributed by atoms with E-state index in [1.165, 1.54) is 33.5 Å². The van der Waals surface area contributed by atoms with Gasteiger partial charge in [0, 0.05) is 42.0 Å². The van der Waals surface area contributed by atoms with Crippen molar-refractivity contribution >= 4 is 33.3 Å². The maximum Gasteiger partial charge on any atom is 0.246 e. The van der Waals surface area contributed by atoms with Crippen LogP contribution in [-0.2, 0) is 14.8 Å². The van der Waals surface area contributed by atoms with Crippen LogP contribution in [0.3, 0.4) is 0 Å². The fraction of sp³-hybridized carbons (Fsp3) is 0.278. The van der Waals surface area contributed by atoms with E-state index in [1.807, 2.05) is 19.1 Å². The highest BCUT2D eigenvalue weighted by Crippen LogP contribution is 2.19. The quantitative estimate of drug-likeness (QED) is 0.750. The van der Waals surface area contributed by atoms with E-state index in [0.29, 0.717) is 13.1 Å². The number of amides is 1. The molecule has 0 spiro atoms. The van der Waals surface area contributed by atoms with Crippen LogP contribution >= 0.6 is 11.3 Å². The predicted octanol–water partition coefficient (Wildman–Crippen LogP) is 2.74. The second kappa shape index (κ2) is 7.69. The minimum absolute atomic E-state index is 0.0646. The summed E-state index contributed by atoms with van der Waals surface area (Å²) in [6.45, 7) is 3.00. The molecule has 0 unspecified atom stereocenters. The first-order chi connectivity index (χ1) is 12.4. The number of hydrogen-bond donors (Lipinski definition) is 0. The van der Waals surface area contributed by atoms with E-state index >= 15 is 0 Å². The Hall–Kier alpha value is -2.03. The molecule has 0 radical (unpaired) electrons. The van der Waals surface area contributed by atoms with Crippen molar-refractivity contribution in [1.82, 2.24) is 9.21 Å². The van der Waals surface area contributed by atoms with Gasteiger partial charge in [-0.25, -0.2) is 12.8 Å². The summed E-state index contributed by atoms with van der Waals surface area (Å²) in [7, 11) is -3.75. The Kier molecular flexibility index (Phi) is 5.55. The molecule has 1 amide bonds. The van der Waals surface area contributed by atoms with Gasteiger partial charge in [0.2, 0.25) is 15.9 Å². The molecular formula is C18H19FN2O3S2. The zero-order valence-corrected chi connectivity index (χ0v) is 15.9. The number of halogens is 1. The lowest BCUT2D eigenvalue weighted by Crippen LogP contribution is -2.50. The molecule has 0 saturated carbocycles. The Morgan fingerprint density at radius 2 is 1.88 bits per heavy atom. The highest BCUT2D eigenvalue weighted by molar-refractivity contribution is 7.89. The summed E-state index contributed by atoms with van der Waals surface area (Å²) in [5, 5.41) is 0. The van der Waals surface area contributed by atoms with Crippen molar-refractivity contribution in [1.29, 1.82) is 0 Å². The number of benzene rings is 1. The highest BCUT2D eigenvalue weighted by atomic mass is 32.2. The summed E-state index contributed by atoms with van der Waals surface area (Å²) >= 11 is 1.60. The van der Waals surface area contributed by atoms with Crippen LogP contribution in [0.1, 0.15) is 9.75 Å². The molecule has 2 aromatic rings. The molecule has 1 aromatic carbocycles. The summed E-state index contributed by atoms with van der Waals surface area (Å²) in [6, 6.07) is 8.91. The normalized spacial score (nSPS) is 16.3. The number of carbonyl (C=O) groups excluding carboxylic acids is 1. The standard InChI is InChI=1S/C18H19FN2O3S2/c1-14-5-6-16(25-14)7-8-18(22)20-9-11-21(12-10-20)26(23,24)17-4-2-3-15(19)13-17/h2-8,13H,9-12H2,1H3/b8-7+. The van der Waals surface area contributed by atoms with Gasteiger partial charge in [0.15, 0.2) is 0 Å². The van der Waals surface area contributed by atoms with Gasteiger partial charge in [-0.3, -0.25) is 4.79 Å². The summed E-state index contributed by atoms with van der Waals surface area (Å²) in [5.74, 6) is -0.729. The molecule has 1 aliphatic heterocycles. The molecule has 26 heavy (non-hydrogen) atoms. The number of thiophene rings is 1. The van der Waals surface area contributed by atoms with Crippen LogP contribution < -0.4 is 0 Å². The lowest BCUT2D eigenvalue weighted by atomic mass is 10.3. The third kappa shape index (κ3) is 4.20. The molecule has 1 fully saturated rings.